The summed E-state index contributed by atoms with van der Waals surface area (Å²) >= 11 is 1.82. The monoisotopic (exact) mass is 290 g/mol. The van der Waals surface area contributed by atoms with Crippen molar-refractivity contribution < 1.29 is 4.74 Å². The van der Waals surface area contributed by atoms with Gasteiger partial charge in [-0.15, -0.1) is 0 Å². The first-order chi connectivity index (χ1) is 9.83. The van der Waals surface area contributed by atoms with E-state index in [-0.39, 0.29) is 0 Å². The van der Waals surface area contributed by atoms with E-state index in [0.717, 1.165) is 13.2 Å². The van der Waals surface area contributed by atoms with Gasteiger partial charge in [-0.2, -0.15) is 0 Å². The molecule has 3 nitrogen and oxygen atoms in total. The van der Waals surface area contributed by atoms with Gasteiger partial charge in [0.2, 0.25) is 0 Å². The summed E-state index contributed by atoms with van der Waals surface area (Å²) in [5, 5.41) is 1.19. The van der Waals surface area contributed by atoms with E-state index < -0.39 is 0 Å². The smallest absolute Gasteiger partial charge is 0.187 e. The molecule has 0 aliphatic carbocycles. The fraction of sp³-hybridized carbons (Fsp3) is 0.562. The summed E-state index contributed by atoms with van der Waals surface area (Å²) in [6.45, 7) is 7.87. The Labute approximate surface area is 124 Å². The van der Waals surface area contributed by atoms with Crippen LogP contribution in [0.25, 0.3) is 10.2 Å². The third-order valence-corrected chi connectivity index (χ3v) is 5.10. The first kappa shape index (κ1) is 13.8. The van der Waals surface area contributed by atoms with Gasteiger partial charge in [-0.25, -0.2) is 4.98 Å². The number of nitrogens with zero attached hydrogens (tertiary/aromatic N) is 2. The van der Waals surface area contributed by atoms with Crippen molar-refractivity contribution in [3.8, 4) is 0 Å². The van der Waals surface area contributed by atoms with Crippen LogP contribution in [0.15, 0.2) is 18.2 Å². The number of aromatic nitrogens is 1. The lowest BCUT2D eigenvalue weighted by Gasteiger charge is -2.34. The Morgan fingerprint density at radius 1 is 1.20 bits per heavy atom. The van der Waals surface area contributed by atoms with Gasteiger partial charge in [0, 0.05) is 0 Å². The zero-order valence-corrected chi connectivity index (χ0v) is 13.2. The third-order valence-electron chi connectivity index (χ3n) is 4.07. The van der Waals surface area contributed by atoms with Gasteiger partial charge < -0.3 is 9.64 Å². The molecule has 4 rings (SSSR count). The van der Waals surface area contributed by atoms with E-state index in [9.17, 15) is 0 Å². The molecule has 2 saturated heterocycles. The maximum Gasteiger partial charge on any atom is 0.187 e. The minimum Gasteiger partial charge on any atom is -0.377 e. The standard InChI is InChI=1S/C14H16N2OS.C2H6/c1-9-3-2-4-12-13(9)15-14(18-12)16-10-5-6-11(16)8-17-7-10;1-2/h2-4,10-11H,5-8H2,1H3;1-2H3. The van der Waals surface area contributed by atoms with Crippen LogP contribution in [0, 0.1) is 6.92 Å². The summed E-state index contributed by atoms with van der Waals surface area (Å²) in [6, 6.07) is 7.52. The van der Waals surface area contributed by atoms with Crippen LogP contribution in [0.3, 0.4) is 0 Å². The van der Waals surface area contributed by atoms with E-state index in [4.69, 9.17) is 9.72 Å². The topological polar surface area (TPSA) is 25.4 Å². The van der Waals surface area contributed by atoms with Crippen molar-refractivity contribution in [1.82, 2.24) is 4.98 Å². The highest BCUT2D eigenvalue weighted by Gasteiger charge is 2.38. The van der Waals surface area contributed by atoms with Crippen molar-refractivity contribution in [2.24, 2.45) is 0 Å². The lowest BCUT2D eigenvalue weighted by Crippen LogP contribution is -2.45. The molecular weight excluding hydrogens is 268 g/mol. The summed E-state index contributed by atoms with van der Waals surface area (Å²) in [7, 11) is 0. The van der Waals surface area contributed by atoms with Gasteiger partial charge in [-0.3, -0.25) is 0 Å². The number of anilines is 1. The molecule has 2 fully saturated rings. The van der Waals surface area contributed by atoms with Crippen LogP contribution in [-0.4, -0.2) is 30.3 Å². The molecule has 3 heterocycles. The van der Waals surface area contributed by atoms with Crippen LogP contribution < -0.4 is 4.90 Å². The van der Waals surface area contributed by atoms with Crippen LogP contribution in [0.4, 0.5) is 5.13 Å². The zero-order valence-electron chi connectivity index (χ0n) is 12.4. The van der Waals surface area contributed by atoms with Crippen LogP contribution >= 0.6 is 11.3 Å². The van der Waals surface area contributed by atoms with Crippen molar-refractivity contribution >= 4 is 26.7 Å². The van der Waals surface area contributed by atoms with E-state index in [1.54, 1.807) is 0 Å². The molecule has 108 valence electrons. The van der Waals surface area contributed by atoms with Crippen molar-refractivity contribution in [2.75, 3.05) is 18.1 Å². The molecule has 2 bridgehead atoms. The molecule has 2 unspecified atom stereocenters. The maximum absolute atomic E-state index is 5.64. The van der Waals surface area contributed by atoms with Crippen LogP contribution in [-0.2, 0) is 4.74 Å². The zero-order chi connectivity index (χ0) is 14.1. The number of hydrogen-bond acceptors (Lipinski definition) is 4. The Bertz CT molecular complexity index is 579. The van der Waals surface area contributed by atoms with Crippen LogP contribution in [0.1, 0.15) is 32.3 Å². The summed E-state index contributed by atoms with van der Waals surface area (Å²) < 4.78 is 6.94. The van der Waals surface area contributed by atoms with Crippen LogP contribution in [0.2, 0.25) is 0 Å². The Hall–Kier alpha value is -1.13. The molecule has 2 aliphatic rings. The van der Waals surface area contributed by atoms with Gasteiger partial charge in [-0.1, -0.05) is 37.3 Å². The Balaban J connectivity index is 0.000000581. The molecule has 0 N–H and O–H groups in total. The number of thiazole rings is 1. The number of benzene rings is 1. The van der Waals surface area contributed by atoms with Crippen molar-refractivity contribution in [3.63, 3.8) is 0 Å². The SMILES string of the molecule is CC.Cc1cccc2sc(N3C4CCC3COC4)nc12. The van der Waals surface area contributed by atoms with E-state index in [1.807, 2.05) is 25.2 Å². The molecule has 0 saturated carbocycles. The number of morpholine rings is 1. The van der Waals surface area contributed by atoms with E-state index >= 15 is 0 Å². The molecule has 0 radical (unpaired) electrons. The first-order valence-electron chi connectivity index (χ1n) is 7.55. The second-order valence-electron chi connectivity index (χ2n) is 5.25. The van der Waals surface area contributed by atoms with Crippen molar-refractivity contribution in [3.05, 3.63) is 23.8 Å². The normalized spacial score (nSPS) is 24.6. The number of hydrogen-bond donors (Lipinski definition) is 0. The second kappa shape index (κ2) is 5.70. The minimum atomic E-state index is 0.546. The van der Waals surface area contributed by atoms with E-state index in [2.05, 4.69) is 30.0 Å². The molecule has 1 aromatic carbocycles. The summed E-state index contributed by atoms with van der Waals surface area (Å²) in [4.78, 5) is 7.37. The minimum absolute atomic E-state index is 0.546. The highest BCUT2D eigenvalue weighted by molar-refractivity contribution is 7.22. The average Bonchev–Trinajstić information content (AvgIpc) is 3.00. The van der Waals surface area contributed by atoms with Gasteiger partial charge in [0.15, 0.2) is 5.13 Å². The Morgan fingerprint density at radius 3 is 2.55 bits per heavy atom. The number of fused-ring (bicyclic) bond motifs is 3. The number of para-hydroxylation sites is 1. The first-order valence-corrected chi connectivity index (χ1v) is 8.37. The quantitative estimate of drug-likeness (QED) is 0.794. The molecule has 2 atom stereocenters. The summed E-state index contributed by atoms with van der Waals surface area (Å²) in [6.07, 6.45) is 2.50. The van der Waals surface area contributed by atoms with Crippen molar-refractivity contribution in [2.45, 2.75) is 45.7 Å². The summed E-state index contributed by atoms with van der Waals surface area (Å²) in [5.74, 6) is 0. The van der Waals surface area contributed by atoms with Gasteiger partial charge in [0.1, 0.15) is 0 Å². The molecular formula is C16H22N2OS. The predicted octanol–water partition coefficient (Wildman–Crippen LogP) is 4.00. The van der Waals surface area contributed by atoms with Gasteiger partial charge >= 0.3 is 0 Å². The lowest BCUT2D eigenvalue weighted by atomic mass is 10.2. The molecule has 0 spiro atoms. The molecule has 4 heteroatoms. The lowest BCUT2D eigenvalue weighted by molar-refractivity contribution is 0.0906. The second-order valence-corrected chi connectivity index (χ2v) is 6.26. The van der Waals surface area contributed by atoms with Crippen LogP contribution in [0.5, 0.6) is 0 Å². The molecule has 2 aromatic rings. The molecule has 20 heavy (non-hydrogen) atoms. The average molecular weight is 290 g/mol. The Morgan fingerprint density at radius 2 is 1.90 bits per heavy atom. The summed E-state index contributed by atoms with van der Waals surface area (Å²) in [5.41, 5.74) is 2.44. The number of aryl methyl sites for hydroxylation is 1. The predicted molar refractivity (Wildman–Crippen MR) is 85.8 cm³/mol. The highest BCUT2D eigenvalue weighted by atomic mass is 32.1. The van der Waals surface area contributed by atoms with Crippen molar-refractivity contribution in [1.29, 1.82) is 0 Å². The van der Waals surface area contributed by atoms with E-state index in [1.165, 1.54) is 33.8 Å². The van der Waals surface area contributed by atoms with Gasteiger partial charge in [0.05, 0.1) is 35.5 Å². The fourth-order valence-corrected chi connectivity index (χ4v) is 4.31. The fourth-order valence-electron chi connectivity index (χ4n) is 3.13. The maximum atomic E-state index is 5.64. The highest BCUT2D eigenvalue weighted by Crippen LogP contribution is 2.38. The Kier molecular flexibility index (Phi) is 3.94. The molecule has 1 aromatic heterocycles. The van der Waals surface area contributed by atoms with Gasteiger partial charge in [-0.05, 0) is 31.4 Å². The largest absolute Gasteiger partial charge is 0.377 e. The number of rotatable bonds is 1. The van der Waals surface area contributed by atoms with E-state index in [0.29, 0.717) is 12.1 Å². The molecule has 2 aliphatic heterocycles. The molecule has 0 amide bonds. The van der Waals surface area contributed by atoms with Gasteiger partial charge in [0.25, 0.3) is 0 Å². The number of ether oxygens (including phenoxy) is 1. The third kappa shape index (κ3) is 2.21.